The predicted molar refractivity (Wildman–Crippen MR) is 79.7 cm³/mol. The number of hydrogen-bond donors (Lipinski definition) is 2. The van der Waals surface area contributed by atoms with Crippen molar-refractivity contribution in [2.75, 3.05) is 17.7 Å². The van der Waals surface area contributed by atoms with Gasteiger partial charge in [-0.2, -0.15) is 0 Å². The number of carbonyl (C=O) groups excluding carboxylic acids is 2. The summed E-state index contributed by atoms with van der Waals surface area (Å²) in [6, 6.07) is 9.13. The number of benzene rings is 2. The molecule has 0 aliphatic carbocycles. The molecule has 0 saturated carbocycles. The Bertz CT molecular complexity index is 774. The fourth-order valence-corrected chi connectivity index (χ4v) is 2.32. The highest BCUT2D eigenvalue weighted by Crippen LogP contribution is 2.26. The van der Waals surface area contributed by atoms with Gasteiger partial charge in [0, 0.05) is 16.9 Å². The van der Waals surface area contributed by atoms with E-state index in [0.717, 1.165) is 17.3 Å². The van der Waals surface area contributed by atoms with Gasteiger partial charge in [0.1, 0.15) is 0 Å². The van der Waals surface area contributed by atoms with Gasteiger partial charge in [-0.1, -0.05) is 0 Å². The molecule has 5 nitrogen and oxygen atoms in total. The van der Waals surface area contributed by atoms with Crippen molar-refractivity contribution in [2.24, 2.45) is 0 Å². The Hall–Kier alpha value is -2.89. The third kappa shape index (κ3) is 2.63. The molecule has 2 N–H and O–H groups in total. The van der Waals surface area contributed by atoms with Gasteiger partial charge in [0.05, 0.1) is 13.5 Å². The minimum Gasteiger partial charge on any atom is -0.494 e. The quantitative estimate of drug-likeness (QED) is 0.915. The Kier molecular flexibility index (Phi) is 3.50. The summed E-state index contributed by atoms with van der Waals surface area (Å²) >= 11 is 0. The van der Waals surface area contributed by atoms with Crippen LogP contribution in [0.3, 0.4) is 0 Å². The van der Waals surface area contributed by atoms with Crippen molar-refractivity contribution in [3.8, 4) is 5.75 Å². The van der Waals surface area contributed by atoms with Gasteiger partial charge in [-0.15, -0.1) is 0 Å². The van der Waals surface area contributed by atoms with Crippen LogP contribution in [0.1, 0.15) is 15.9 Å². The smallest absolute Gasteiger partial charge is 0.255 e. The molecule has 3 rings (SSSR count). The summed E-state index contributed by atoms with van der Waals surface area (Å²) in [5.41, 5.74) is 2.31. The van der Waals surface area contributed by atoms with Gasteiger partial charge < -0.3 is 15.4 Å². The molecule has 0 fully saturated rings. The first-order chi connectivity index (χ1) is 10.6. The van der Waals surface area contributed by atoms with Crippen LogP contribution in [0, 0.1) is 5.82 Å². The van der Waals surface area contributed by atoms with Crippen molar-refractivity contribution in [2.45, 2.75) is 6.42 Å². The number of nitrogens with one attached hydrogen (secondary N) is 2. The van der Waals surface area contributed by atoms with Crippen LogP contribution < -0.4 is 15.4 Å². The normalized spacial score (nSPS) is 12.5. The van der Waals surface area contributed by atoms with E-state index in [9.17, 15) is 14.0 Å². The van der Waals surface area contributed by atoms with E-state index in [1.807, 2.05) is 0 Å². The Labute approximate surface area is 126 Å². The van der Waals surface area contributed by atoms with Crippen molar-refractivity contribution < 1.29 is 18.7 Å². The Morgan fingerprint density at radius 3 is 2.82 bits per heavy atom. The molecule has 2 aromatic carbocycles. The average molecular weight is 300 g/mol. The molecule has 22 heavy (non-hydrogen) atoms. The first-order valence-electron chi connectivity index (χ1n) is 6.64. The van der Waals surface area contributed by atoms with Crippen LogP contribution in [-0.4, -0.2) is 18.9 Å². The van der Waals surface area contributed by atoms with Gasteiger partial charge in [-0.3, -0.25) is 9.59 Å². The predicted octanol–water partition coefficient (Wildman–Crippen LogP) is 2.58. The molecule has 112 valence electrons. The standard InChI is InChI=1S/C16H13FN2O3/c1-22-14-5-2-9(7-12(14)17)16(21)18-11-3-4-13-10(6-11)8-15(20)19-13/h2-7H,8H2,1H3,(H,18,21)(H,19,20). The number of hydrogen-bond acceptors (Lipinski definition) is 3. The number of fused-ring (bicyclic) bond motifs is 1. The zero-order valence-electron chi connectivity index (χ0n) is 11.8. The molecule has 0 saturated heterocycles. The van der Waals surface area contributed by atoms with Crippen LogP contribution >= 0.6 is 0 Å². The van der Waals surface area contributed by atoms with E-state index in [-0.39, 0.29) is 23.6 Å². The van der Waals surface area contributed by atoms with Crippen molar-refractivity contribution in [3.63, 3.8) is 0 Å². The summed E-state index contributed by atoms with van der Waals surface area (Å²) in [6.45, 7) is 0. The zero-order valence-corrected chi connectivity index (χ0v) is 11.8. The average Bonchev–Trinajstić information content (AvgIpc) is 2.86. The Balaban J connectivity index is 1.79. The van der Waals surface area contributed by atoms with Crippen LogP contribution in [0.2, 0.25) is 0 Å². The summed E-state index contributed by atoms with van der Waals surface area (Å²) in [7, 11) is 1.36. The van der Waals surface area contributed by atoms with Crippen LogP contribution in [0.25, 0.3) is 0 Å². The minimum atomic E-state index is -0.598. The van der Waals surface area contributed by atoms with Crippen LogP contribution in [0.4, 0.5) is 15.8 Å². The number of methoxy groups -OCH3 is 1. The third-order valence-electron chi connectivity index (χ3n) is 3.40. The van der Waals surface area contributed by atoms with Crippen LogP contribution in [0.15, 0.2) is 36.4 Å². The fourth-order valence-electron chi connectivity index (χ4n) is 2.32. The number of ether oxygens (including phenoxy) is 1. The van der Waals surface area contributed by atoms with Crippen molar-refractivity contribution in [3.05, 3.63) is 53.3 Å². The van der Waals surface area contributed by atoms with Crippen LogP contribution in [-0.2, 0) is 11.2 Å². The van der Waals surface area contributed by atoms with E-state index in [2.05, 4.69) is 10.6 Å². The molecule has 6 heteroatoms. The maximum absolute atomic E-state index is 13.6. The second kappa shape index (κ2) is 5.48. The van der Waals surface area contributed by atoms with Crippen LogP contribution in [0.5, 0.6) is 5.75 Å². The molecule has 0 aromatic heterocycles. The molecule has 0 bridgehead atoms. The molecule has 0 unspecified atom stereocenters. The Morgan fingerprint density at radius 1 is 1.27 bits per heavy atom. The van der Waals surface area contributed by atoms with E-state index in [1.165, 1.54) is 19.2 Å². The lowest BCUT2D eigenvalue weighted by Crippen LogP contribution is -2.12. The second-order valence-corrected chi connectivity index (χ2v) is 4.90. The number of carbonyl (C=O) groups is 2. The minimum absolute atomic E-state index is 0.0734. The van der Waals surface area contributed by atoms with Gasteiger partial charge >= 0.3 is 0 Å². The van der Waals surface area contributed by atoms with Gasteiger partial charge in [0.15, 0.2) is 11.6 Å². The summed E-state index contributed by atoms with van der Waals surface area (Å²) in [4.78, 5) is 23.4. The Morgan fingerprint density at radius 2 is 2.09 bits per heavy atom. The monoisotopic (exact) mass is 300 g/mol. The number of amides is 2. The first kappa shape index (κ1) is 14.1. The lowest BCUT2D eigenvalue weighted by Gasteiger charge is -2.08. The van der Waals surface area contributed by atoms with E-state index in [4.69, 9.17) is 4.74 Å². The van der Waals surface area contributed by atoms with Gasteiger partial charge in [0.2, 0.25) is 5.91 Å². The lowest BCUT2D eigenvalue weighted by atomic mass is 10.1. The summed E-state index contributed by atoms with van der Waals surface area (Å²) in [5.74, 6) is -1.02. The molecule has 0 atom stereocenters. The maximum Gasteiger partial charge on any atom is 0.255 e. The summed E-state index contributed by atoms with van der Waals surface area (Å²) in [6.07, 6.45) is 0.288. The molecule has 1 heterocycles. The van der Waals surface area contributed by atoms with Crippen molar-refractivity contribution in [1.29, 1.82) is 0 Å². The highest BCUT2D eigenvalue weighted by atomic mass is 19.1. The van der Waals surface area contributed by atoms with E-state index >= 15 is 0 Å². The second-order valence-electron chi connectivity index (χ2n) is 4.90. The number of rotatable bonds is 3. The topological polar surface area (TPSA) is 67.4 Å². The molecule has 2 aromatic rings. The van der Waals surface area contributed by atoms with Crippen molar-refractivity contribution in [1.82, 2.24) is 0 Å². The van der Waals surface area contributed by atoms with Gasteiger partial charge in [-0.25, -0.2) is 4.39 Å². The molecular weight excluding hydrogens is 287 g/mol. The first-order valence-corrected chi connectivity index (χ1v) is 6.64. The van der Waals surface area contributed by atoms with E-state index in [1.54, 1.807) is 18.2 Å². The highest BCUT2D eigenvalue weighted by Gasteiger charge is 2.18. The summed E-state index contributed by atoms with van der Waals surface area (Å²) in [5, 5.41) is 5.40. The lowest BCUT2D eigenvalue weighted by molar-refractivity contribution is -0.115. The highest BCUT2D eigenvalue weighted by molar-refractivity contribution is 6.05. The van der Waals surface area contributed by atoms with Crippen molar-refractivity contribution >= 4 is 23.2 Å². The third-order valence-corrected chi connectivity index (χ3v) is 3.40. The molecular formula is C16H13FN2O3. The largest absolute Gasteiger partial charge is 0.494 e. The molecule has 0 radical (unpaired) electrons. The summed E-state index contributed by atoms with van der Waals surface area (Å²) < 4.78 is 18.4. The zero-order chi connectivity index (χ0) is 15.7. The van der Waals surface area contributed by atoms with Gasteiger partial charge in [0.25, 0.3) is 5.91 Å². The van der Waals surface area contributed by atoms with E-state index in [0.29, 0.717) is 5.69 Å². The maximum atomic E-state index is 13.6. The number of halogens is 1. The van der Waals surface area contributed by atoms with Gasteiger partial charge in [-0.05, 0) is 42.0 Å². The van der Waals surface area contributed by atoms with E-state index < -0.39 is 11.7 Å². The molecule has 2 amide bonds. The molecule has 1 aliphatic heterocycles. The molecule has 1 aliphatic rings. The molecule has 0 spiro atoms. The number of anilines is 2. The fraction of sp³-hybridized carbons (Fsp3) is 0.125. The SMILES string of the molecule is COc1ccc(C(=O)Nc2ccc3c(c2)CC(=O)N3)cc1F.